The van der Waals surface area contributed by atoms with Crippen molar-refractivity contribution in [2.24, 2.45) is 0 Å². The maximum absolute atomic E-state index is 13.4. The van der Waals surface area contributed by atoms with E-state index in [0.29, 0.717) is 5.69 Å². The van der Waals surface area contributed by atoms with Crippen LogP contribution in [-0.2, 0) is 0 Å². The Labute approximate surface area is 141 Å². The van der Waals surface area contributed by atoms with Crippen LogP contribution in [0.25, 0.3) is 5.65 Å². The molecule has 1 saturated carbocycles. The summed E-state index contributed by atoms with van der Waals surface area (Å²) in [5, 5.41) is 3.94. The SMILES string of the molecule is CN(C(=O)c1cnn2c(C(F)F)cc(C3CC3)nc12)c1ncccn1. The molecule has 0 N–H and O–H groups in total. The zero-order valence-electron chi connectivity index (χ0n) is 13.3. The number of carbonyl (C=O) groups is 1. The van der Waals surface area contributed by atoms with Crippen LogP contribution in [0, 0.1) is 0 Å². The fourth-order valence-corrected chi connectivity index (χ4v) is 2.64. The van der Waals surface area contributed by atoms with Crippen molar-refractivity contribution in [3.05, 3.63) is 47.7 Å². The van der Waals surface area contributed by atoms with Gasteiger partial charge in [-0.15, -0.1) is 0 Å². The molecule has 0 bridgehead atoms. The number of amides is 1. The molecule has 25 heavy (non-hydrogen) atoms. The highest BCUT2D eigenvalue weighted by molar-refractivity contribution is 6.08. The van der Waals surface area contributed by atoms with E-state index in [-0.39, 0.29) is 28.8 Å². The third kappa shape index (κ3) is 2.71. The van der Waals surface area contributed by atoms with E-state index in [1.54, 1.807) is 6.07 Å². The Morgan fingerprint density at radius 1 is 1.32 bits per heavy atom. The standard InChI is InChI=1S/C16H14F2N6O/c1-23(16-19-5-2-6-20-16)15(25)10-8-21-24-12(13(17)18)7-11(9-3-4-9)22-14(10)24/h2,5-9,13H,3-4H2,1H3. The molecular weight excluding hydrogens is 330 g/mol. The van der Waals surface area contributed by atoms with Gasteiger partial charge in [-0.2, -0.15) is 5.10 Å². The van der Waals surface area contributed by atoms with Crippen molar-refractivity contribution in [2.75, 3.05) is 11.9 Å². The second kappa shape index (κ2) is 5.83. The molecule has 0 atom stereocenters. The van der Waals surface area contributed by atoms with E-state index in [4.69, 9.17) is 0 Å². The van der Waals surface area contributed by atoms with Crippen LogP contribution >= 0.6 is 0 Å². The first-order valence-electron chi connectivity index (χ1n) is 7.78. The minimum Gasteiger partial charge on any atom is -0.280 e. The molecule has 0 spiro atoms. The first-order valence-corrected chi connectivity index (χ1v) is 7.78. The van der Waals surface area contributed by atoms with Crippen LogP contribution in [-0.4, -0.2) is 37.5 Å². The number of rotatable bonds is 4. The molecule has 9 heteroatoms. The predicted octanol–water partition coefficient (Wildman–Crippen LogP) is 2.61. The van der Waals surface area contributed by atoms with Gasteiger partial charge in [-0.3, -0.25) is 9.69 Å². The van der Waals surface area contributed by atoms with E-state index in [1.165, 1.54) is 36.6 Å². The Bertz CT molecular complexity index is 938. The number of carbonyl (C=O) groups excluding carboxylic acids is 1. The summed E-state index contributed by atoms with van der Waals surface area (Å²) in [6.45, 7) is 0. The highest BCUT2D eigenvalue weighted by atomic mass is 19.3. The molecular formula is C16H14F2N6O. The Kier molecular flexibility index (Phi) is 3.63. The molecule has 1 aliphatic rings. The Morgan fingerprint density at radius 3 is 2.68 bits per heavy atom. The van der Waals surface area contributed by atoms with Crippen LogP contribution in [0.4, 0.5) is 14.7 Å². The molecule has 128 valence electrons. The third-order valence-corrected chi connectivity index (χ3v) is 4.13. The number of nitrogens with zero attached hydrogens (tertiary/aromatic N) is 6. The lowest BCUT2D eigenvalue weighted by Gasteiger charge is -2.14. The van der Waals surface area contributed by atoms with Gasteiger partial charge in [-0.25, -0.2) is 28.2 Å². The van der Waals surface area contributed by atoms with E-state index < -0.39 is 12.3 Å². The smallest absolute Gasteiger partial charge is 0.280 e. The number of fused-ring (bicyclic) bond motifs is 1. The molecule has 0 aliphatic heterocycles. The van der Waals surface area contributed by atoms with E-state index >= 15 is 0 Å². The number of hydrogen-bond donors (Lipinski definition) is 0. The monoisotopic (exact) mass is 344 g/mol. The number of anilines is 1. The molecule has 1 amide bonds. The van der Waals surface area contributed by atoms with Crippen molar-refractivity contribution in [2.45, 2.75) is 25.2 Å². The molecule has 0 aromatic carbocycles. The fraction of sp³-hybridized carbons (Fsp3) is 0.312. The summed E-state index contributed by atoms with van der Waals surface area (Å²) in [6.07, 6.45) is 3.41. The number of hydrogen-bond acceptors (Lipinski definition) is 5. The lowest BCUT2D eigenvalue weighted by atomic mass is 10.2. The van der Waals surface area contributed by atoms with E-state index in [2.05, 4.69) is 20.1 Å². The molecule has 7 nitrogen and oxygen atoms in total. The fourth-order valence-electron chi connectivity index (χ4n) is 2.64. The number of aromatic nitrogens is 5. The second-order valence-electron chi connectivity index (χ2n) is 5.89. The molecule has 1 fully saturated rings. The average Bonchev–Trinajstić information content (AvgIpc) is 3.40. The van der Waals surface area contributed by atoms with Gasteiger partial charge in [0.2, 0.25) is 5.95 Å². The Hall–Kier alpha value is -2.97. The van der Waals surface area contributed by atoms with Gasteiger partial charge < -0.3 is 0 Å². The van der Waals surface area contributed by atoms with Crippen LogP contribution in [0.2, 0.25) is 0 Å². The quantitative estimate of drug-likeness (QED) is 0.727. The van der Waals surface area contributed by atoms with Crippen molar-refractivity contribution in [1.82, 2.24) is 24.6 Å². The summed E-state index contributed by atoms with van der Waals surface area (Å²) in [7, 11) is 1.51. The minimum absolute atomic E-state index is 0.132. The van der Waals surface area contributed by atoms with E-state index in [0.717, 1.165) is 17.4 Å². The van der Waals surface area contributed by atoms with Gasteiger partial charge >= 0.3 is 0 Å². The number of halogens is 2. The lowest BCUT2D eigenvalue weighted by Crippen LogP contribution is -2.28. The summed E-state index contributed by atoms with van der Waals surface area (Å²) < 4.78 is 27.8. The summed E-state index contributed by atoms with van der Waals surface area (Å²) >= 11 is 0. The minimum atomic E-state index is -2.71. The van der Waals surface area contributed by atoms with E-state index in [1.807, 2.05) is 0 Å². The van der Waals surface area contributed by atoms with Crippen molar-refractivity contribution in [1.29, 1.82) is 0 Å². The first kappa shape index (κ1) is 15.6. The van der Waals surface area contributed by atoms with Gasteiger partial charge in [0.25, 0.3) is 12.3 Å². The van der Waals surface area contributed by atoms with Crippen molar-refractivity contribution >= 4 is 17.5 Å². The van der Waals surface area contributed by atoms with Crippen molar-refractivity contribution in [3.63, 3.8) is 0 Å². The molecule has 4 rings (SSSR count). The Morgan fingerprint density at radius 2 is 2.04 bits per heavy atom. The first-order chi connectivity index (χ1) is 12.1. The highest BCUT2D eigenvalue weighted by Gasteiger charge is 2.30. The summed E-state index contributed by atoms with van der Waals surface area (Å²) in [5.74, 6) is -0.0725. The lowest BCUT2D eigenvalue weighted by molar-refractivity contribution is 0.0992. The normalized spacial score (nSPS) is 14.2. The van der Waals surface area contributed by atoms with Gasteiger partial charge in [-0.1, -0.05) is 0 Å². The topological polar surface area (TPSA) is 76.3 Å². The van der Waals surface area contributed by atoms with Gasteiger partial charge in [0, 0.05) is 31.1 Å². The maximum Gasteiger partial charge on any atom is 0.280 e. The molecule has 3 aromatic heterocycles. The summed E-state index contributed by atoms with van der Waals surface area (Å²) in [4.78, 5) is 26.5. The van der Waals surface area contributed by atoms with Gasteiger partial charge in [0.1, 0.15) is 11.3 Å². The molecule has 0 unspecified atom stereocenters. The van der Waals surface area contributed by atoms with Crippen LogP contribution in [0.1, 0.15) is 46.9 Å². The second-order valence-corrected chi connectivity index (χ2v) is 5.89. The zero-order chi connectivity index (χ0) is 17.6. The summed E-state index contributed by atoms with van der Waals surface area (Å²) in [5.41, 5.74) is 0.590. The van der Waals surface area contributed by atoms with Gasteiger partial charge in [0.05, 0.1) is 6.20 Å². The Balaban J connectivity index is 1.81. The van der Waals surface area contributed by atoms with Crippen LogP contribution in [0.15, 0.2) is 30.7 Å². The molecule has 3 heterocycles. The zero-order valence-corrected chi connectivity index (χ0v) is 13.3. The molecule has 3 aromatic rings. The molecule has 0 radical (unpaired) electrons. The van der Waals surface area contributed by atoms with Crippen LogP contribution < -0.4 is 4.90 Å². The van der Waals surface area contributed by atoms with Crippen LogP contribution in [0.5, 0.6) is 0 Å². The average molecular weight is 344 g/mol. The van der Waals surface area contributed by atoms with Gasteiger partial charge in [0.15, 0.2) is 5.65 Å². The highest BCUT2D eigenvalue weighted by Crippen LogP contribution is 2.40. The largest absolute Gasteiger partial charge is 0.280 e. The molecule has 1 aliphatic carbocycles. The molecule has 0 saturated heterocycles. The maximum atomic E-state index is 13.4. The number of alkyl halides is 2. The predicted molar refractivity (Wildman–Crippen MR) is 84.7 cm³/mol. The summed E-state index contributed by atoms with van der Waals surface area (Å²) in [6, 6.07) is 3.01. The van der Waals surface area contributed by atoms with Crippen LogP contribution in [0.3, 0.4) is 0 Å². The van der Waals surface area contributed by atoms with Gasteiger partial charge in [-0.05, 0) is 25.0 Å². The van der Waals surface area contributed by atoms with Crippen molar-refractivity contribution in [3.8, 4) is 0 Å². The van der Waals surface area contributed by atoms with Crippen molar-refractivity contribution < 1.29 is 13.6 Å². The third-order valence-electron chi connectivity index (χ3n) is 4.13. The van der Waals surface area contributed by atoms with E-state index in [9.17, 15) is 13.6 Å².